The lowest BCUT2D eigenvalue weighted by Gasteiger charge is -2.17. The third-order valence-electron chi connectivity index (χ3n) is 3.34. The number of nitrogens with zero attached hydrogens (tertiary/aromatic N) is 1. The summed E-state index contributed by atoms with van der Waals surface area (Å²) in [5.41, 5.74) is 2.19. The Morgan fingerprint density at radius 3 is 2.32 bits per heavy atom. The van der Waals surface area contributed by atoms with Gasteiger partial charge < -0.3 is 4.74 Å². The first-order chi connectivity index (χ1) is 9.25. The van der Waals surface area contributed by atoms with E-state index in [1.54, 1.807) is 0 Å². The zero-order chi connectivity index (χ0) is 13.1. The van der Waals surface area contributed by atoms with Crippen molar-refractivity contribution in [2.24, 2.45) is 4.99 Å². The number of hydrogen-bond donors (Lipinski definition) is 0. The fourth-order valence-corrected chi connectivity index (χ4v) is 2.39. The van der Waals surface area contributed by atoms with Gasteiger partial charge in [0, 0.05) is 12.0 Å². The van der Waals surface area contributed by atoms with Crippen LogP contribution < -0.4 is 0 Å². The van der Waals surface area contributed by atoms with Gasteiger partial charge in [0.2, 0.25) is 5.90 Å². The normalized spacial score (nSPS) is 21.8. The summed E-state index contributed by atoms with van der Waals surface area (Å²) >= 11 is 0. The zero-order valence-electron chi connectivity index (χ0n) is 11.0. The molecule has 0 saturated carbocycles. The zero-order valence-corrected chi connectivity index (χ0v) is 11.0. The van der Waals surface area contributed by atoms with E-state index in [2.05, 4.69) is 31.2 Å². The van der Waals surface area contributed by atoms with Crippen LogP contribution >= 0.6 is 0 Å². The van der Waals surface area contributed by atoms with Crippen molar-refractivity contribution in [2.75, 3.05) is 6.61 Å². The first kappa shape index (κ1) is 12.0. The van der Waals surface area contributed by atoms with Crippen molar-refractivity contribution in [1.29, 1.82) is 0 Å². The van der Waals surface area contributed by atoms with E-state index < -0.39 is 0 Å². The van der Waals surface area contributed by atoms with Crippen molar-refractivity contribution in [2.45, 2.75) is 18.9 Å². The largest absolute Gasteiger partial charge is 0.475 e. The van der Waals surface area contributed by atoms with Crippen LogP contribution in [0.4, 0.5) is 0 Å². The van der Waals surface area contributed by atoms with Gasteiger partial charge >= 0.3 is 0 Å². The molecule has 0 radical (unpaired) electrons. The molecule has 0 aliphatic carbocycles. The molecule has 0 bridgehead atoms. The average molecular weight is 251 g/mol. The molecule has 2 aromatic rings. The molecule has 19 heavy (non-hydrogen) atoms. The molecule has 0 unspecified atom stereocenters. The Morgan fingerprint density at radius 1 is 1.00 bits per heavy atom. The third-order valence-corrected chi connectivity index (χ3v) is 3.34. The molecule has 0 saturated heterocycles. The van der Waals surface area contributed by atoms with Crippen molar-refractivity contribution in [1.82, 2.24) is 0 Å². The molecular weight excluding hydrogens is 234 g/mol. The van der Waals surface area contributed by atoms with E-state index in [1.165, 1.54) is 5.56 Å². The Kier molecular flexibility index (Phi) is 3.08. The van der Waals surface area contributed by atoms with Crippen LogP contribution in [0.5, 0.6) is 0 Å². The maximum atomic E-state index is 5.78. The van der Waals surface area contributed by atoms with Gasteiger partial charge in [0.15, 0.2) is 0 Å². The van der Waals surface area contributed by atoms with Crippen molar-refractivity contribution in [3.8, 4) is 0 Å². The monoisotopic (exact) mass is 251 g/mol. The second-order valence-electron chi connectivity index (χ2n) is 5.23. The molecule has 0 N–H and O–H groups in total. The minimum Gasteiger partial charge on any atom is -0.475 e. The SMILES string of the molecule is C[C@@]1(Cc2ccccc2)COC(c2ccccc2)=N1. The van der Waals surface area contributed by atoms with Gasteiger partial charge in [-0.1, -0.05) is 48.5 Å². The summed E-state index contributed by atoms with van der Waals surface area (Å²) in [5.74, 6) is 0.763. The summed E-state index contributed by atoms with van der Waals surface area (Å²) in [6.45, 7) is 2.79. The molecule has 0 aromatic heterocycles. The van der Waals surface area contributed by atoms with E-state index in [0.29, 0.717) is 6.61 Å². The number of rotatable bonds is 3. The van der Waals surface area contributed by atoms with Gasteiger partial charge in [-0.15, -0.1) is 0 Å². The Bertz CT molecular complexity index is 577. The van der Waals surface area contributed by atoms with Crippen molar-refractivity contribution in [3.63, 3.8) is 0 Å². The highest BCUT2D eigenvalue weighted by Gasteiger charge is 2.32. The second kappa shape index (κ2) is 4.88. The molecule has 2 heteroatoms. The molecule has 1 heterocycles. The van der Waals surface area contributed by atoms with Crippen molar-refractivity contribution >= 4 is 5.90 Å². The number of hydrogen-bond acceptors (Lipinski definition) is 2. The van der Waals surface area contributed by atoms with E-state index in [-0.39, 0.29) is 5.54 Å². The lowest BCUT2D eigenvalue weighted by Crippen LogP contribution is -2.26. The first-order valence-corrected chi connectivity index (χ1v) is 6.57. The Balaban J connectivity index is 1.82. The molecule has 0 amide bonds. The molecular formula is C17H17NO. The predicted octanol–water partition coefficient (Wildman–Crippen LogP) is 3.46. The van der Waals surface area contributed by atoms with Crippen LogP contribution in [0, 0.1) is 0 Å². The Labute approximate surface area is 113 Å². The lowest BCUT2D eigenvalue weighted by molar-refractivity contribution is 0.266. The Hall–Kier alpha value is -2.09. The summed E-state index contributed by atoms with van der Waals surface area (Å²) in [5, 5.41) is 0. The molecule has 96 valence electrons. The molecule has 0 fully saturated rings. The van der Waals surface area contributed by atoms with Crippen LogP contribution in [0.3, 0.4) is 0 Å². The molecule has 1 atom stereocenters. The van der Waals surface area contributed by atoms with E-state index in [9.17, 15) is 0 Å². The molecule has 2 nitrogen and oxygen atoms in total. The van der Waals surface area contributed by atoms with E-state index in [1.807, 2.05) is 36.4 Å². The van der Waals surface area contributed by atoms with Crippen LogP contribution in [0.1, 0.15) is 18.1 Å². The van der Waals surface area contributed by atoms with E-state index >= 15 is 0 Å². The van der Waals surface area contributed by atoms with Gasteiger partial charge in [0.05, 0.1) is 5.54 Å². The van der Waals surface area contributed by atoms with E-state index in [0.717, 1.165) is 17.9 Å². The van der Waals surface area contributed by atoms with Gasteiger partial charge in [0.25, 0.3) is 0 Å². The van der Waals surface area contributed by atoms with Crippen LogP contribution in [0.25, 0.3) is 0 Å². The highest BCUT2D eigenvalue weighted by atomic mass is 16.5. The summed E-state index contributed by atoms with van der Waals surface area (Å²) in [7, 11) is 0. The quantitative estimate of drug-likeness (QED) is 0.818. The molecule has 3 rings (SSSR count). The van der Waals surface area contributed by atoms with Crippen LogP contribution in [-0.4, -0.2) is 18.0 Å². The fourth-order valence-electron chi connectivity index (χ4n) is 2.39. The number of aliphatic imine (C=N–C) groups is 1. The number of benzene rings is 2. The summed E-state index contributed by atoms with van der Waals surface area (Å²) in [6, 6.07) is 20.5. The topological polar surface area (TPSA) is 21.6 Å². The molecule has 0 spiro atoms. The first-order valence-electron chi connectivity index (χ1n) is 6.57. The van der Waals surface area contributed by atoms with Gasteiger partial charge in [-0.3, -0.25) is 0 Å². The fraction of sp³-hybridized carbons (Fsp3) is 0.235. The van der Waals surface area contributed by atoms with Gasteiger partial charge in [-0.25, -0.2) is 4.99 Å². The lowest BCUT2D eigenvalue weighted by atomic mass is 9.95. The molecule has 1 aliphatic heterocycles. The maximum Gasteiger partial charge on any atom is 0.216 e. The third kappa shape index (κ3) is 2.68. The molecule has 1 aliphatic rings. The molecule has 2 aromatic carbocycles. The van der Waals surface area contributed by atoms with Crippen molar-refractivity contribution < 1.29 is 4.74 Å². The second-order valence-corrected chi connectivity index (χ2v) is 5.23. The highest BCUT2D eigenvalue weighted by Crippen LogP contribution is 2.25. The van der Waals surface area contributed by atoms with Crippen LogP contribution in [-0.2, 0) is 11.2 Å². The van der Waals surface area contributed by atoms with Crippen LogP contribution in [0.15, 0.2) is 65.7 Å². The minimum atomic E-state index is -0.160. The average Bonchev–Trinajstić information content (AvgIpc) is 2.83. The van der Waals surface area contributed by atoms with Gasteiger partial charge in [-0.2, -0.15) is 0 Å². The van der Waals surface area contributed by atoms with Crippen molar-refractivity contribution in [3.05, 3.63) is 71.8 Å². The summed E-state index contributed by atoms with van der Waals surface area (Å²) in [6.07, 6.45) is 0.907. The van der Waals surface area contributed by atoms with E-state index in [4.69, 9.17) is 9.73 Å². The number of ether oxygens (including phenoxy) is 1. The summed E-state index contributed by atoms with van der Waals surface area (Å²) in [4.78, 5) is 4.78. The predicted molar refractivity (Wildman–Crippen MR) is 77.5 cm³/mol. The minimum absolute atomic E-state index is 0.160. The summed E-state index contributed by atoms with van der Waals surface area (Å²) < 4.78 is 5.78. The van der Waals surface area contributed by atoms with Gasteiger partial charge in [0.1, 0.15) is 6.61 Å². The Morgan fingerprint density at radius 2 is 1.63 bits per heavy atom. The highest BCUT2D eigenvalue weighted by molar-refractivity contribution is 5.95. The van der Waals surface area contributed by atoms with Gasteiger partial charge in [-0.05, 0) is 24.6 Å². The smallest absolute Gasteiger partial charge is 0.216 e. The maximum absolute atomic E-state index is 5.78. The standard InChI is InChI=1S/C17H17NO/c1-17(12-14-8-4-2-5-9-14)13-19-16(18-17)15-10-6-3-7-11-15/h2-11H,12-13H2,1H3/t17-/m1/s1. The van der Waals surface area contributed by atoms with Crippen LogP contribution in [0.2, 0.25) is 0 Å².